The highest BCUT2D eigenvalue weighted by molar-refractivity contribution is 6.29. The maximum atomic E-state index is 13.4. The van der Waals surface area contributed by atoms with Gasteiger partial charge in [0.25, 0.3) is 5.56 Å². The van der Waals surface area contributed by atoms with E-state index < -0.39 is 5.97 Å². The van der Waals surface area contributed by atoms with Crippen molar-refractivity contribution in [3.8, 4) is 0 Å². The van der Waals surface area contributed by atoms with Crippen LogP contribution in [0.4, 0.5) is 5.69 Å². The molecule has 3 heterocycles. The lowest BCUT2D eigenvalue weighted by Crippen LogP contribution is -2.34. The van der Waals surface area contributed by atoms with Crippen LogP contribution >= 0.6 is 11.6 Å². The molecule has 1 aromatic carbocycles. The van der Waals surface area contributed by atoms with Crippen LogP contribution in [0.15, 0.2) is 29.1 Å². The van der Waals surface area contributed by atoms with Gasteiger partial charge in [0, 0.05) is 17.5 Å². The Bertz CT molecular complexity index is 1310. The molecule has 32 heavy (non-hydrogen) atoms. The number of hydrogen-bond acceptors (Lipinski definition) is 6. The van der Waals surface area contributed by atoms with Gasteiger partial charge in [0.1, 0.15) is 11.0 Å². The van der Waals surface area contributed by atoms with Crippen LogP contribution in [0.3, 0.4) is 0 Å². The number of esters is 1. The number of aryl methyl sites for hydroxylation is 1. The average molecular weight is 453 g/mol. The van der Waals surface area contributed by atoms with Gasteiger partial charge in [-0.3, -0.25) is 9.36 Å². The Labute approximate surface area is 190 Å². The van der Waals surface area contributed by atoms with E-state index in [1.54, 1.807) is 12.1 Å². The summed E-state index contributed by atoms with van der Waals surface area (Å²) in [5.74, 6) is 0.361. The smallest absolute Gasteiger partial charge is 0.358 e. The number of carbonyl (C=O) groups excluding carboxylic acids is 1. The molecule has 1 spiro atoms. The predicted molar refractivity (Wildman–Crippen MR) is 124 cm³/mol. The molecule has 2 aromatic heterocycles. The molecule has 3 aromatic rings. The van der Waals surface area contributed by atoms with Gasteiger partial charge in [-0.1, -0.05) is 24.1 Å². The van der Waals surface area contributed by atoms with E-state index in [9.17, 15) is 9.59 Å². The summed E-state index contributed by atoms with van der Waals surface area (Å²) < 4.78 is 6.74. The number of anilines is 1. The fourth-order valence-corrected chi connectivity index (χ4v) is 5.22. The minimum Gasteiger partial charge on any atom is -0.464 e. The van der Waals surface area contributed by atoms with Gasteiger partial charge < -0.3 is 10.1 Å². The first-order valence-electron chi connectivity index (χ1n) is 10.9. The lowest BCUT2D eigenvalue weighted by molar-refractivity contribution is 0.0595. The Morgan fingerprint density at radius 1 is 1.25 bits per heavy atom. The number of ether oxygens (including phenoxy) is 1. The van der Waals surface area contributed by atoms with Gasteiger partial charge in [-0.15, -0.1) is 0 Å². The van der Waals surface area contributed by atoms with E-state index in [2.05, 4.69) is 10.3 Å². The lowest BCUT2D eigenvalue weighted by atomic mass is 9.67. The number of benzene rings is 1. The van der Waals surface area contributed by atoms with Crippen LogP contribution in [-0.4, -0.2) is 27.6 Å². The fourth-order valence-electron chi connectivity index (χ4n) is 5.07. The van der Waals surface area contributed by atoms with E-state index >= 15 is 0 Å². The second-order valence-corrected chi connectivity index (χ2v) is 9.30. The van der Waals surface area contributed by atoms with Crippen LogP contribution in [0, 0.1) is 6.92 Å². The minimum atomic E-state index is -0.572. The van der Waals surface area contributed by atoms with E-state index in [0.717, 1.165) is 48.3 Å². The number of methoxy groups -OCH3 is 1. The van der Waals surface area contributed by atoms with Crippen LogP contribution in [0.5, 0.6) is 0 Å². The first-order valence-corrected chi connectivity index (χ1v) is 11.3. The maximum absolute atomic E-state index is 13.4. The summed E-state index contributed by atoms with van der Waals surface area (Å²) in [6.45, 7) is 4.70. The number of nitrogens with one attached hydrogen (secondary N) is 1. The molecule has 1 N–H and O–H groups in total. The van der Waals surface area contributed by atoms with E-state index in [1.807, 2.05) is 30.5 Å². The van der Waals surface area contributed by atoms with E-state index in [1.165, 1.54) is 13.5 Å². The standard InChI is InChI=1S/C24H25ClN4O3/c1-13-11-15(14(2)26-17-5-6-18(25)27-20(17)22(31)32-3)19-16(12-13)21(30)29-10-9-24(7-4-8-24)23(29)28-19/h5-6,11-12,14,26H,4,7-10H2,1-3H3/t14-/m1/s1. The summed E-state index contributed by atoms with van der Waals surface area (Å²) >= 11 is 5.99. The van der Waals surface area contributed by atoms with Crippen molar-refractivity contribution in [3.05, 3.63) is 62.4 Å². The van der Waals surface area contributed by atoms with Crippen molar-refractivity contribution in [1.29, 1.82) is 0 Å². The number of pyridine rings is 1. The molecule has 0 bridgehead atoms. The highest BCUT2D eigenvalue weighted by Gasteiger charge is 2.46. The summed E-state index contributed by atoms with van der Waals surface area (Å²) in [6.07, 6.45) is 4.37. The SMILES string of the molecule is COC(=O)c1nc(Cl)ccc1N[C@H](C)c1cc(C)cc2c(=O)n3c(nc12)C1(CCC1)CC3. The van der Waals surface area contributed by atoms with Gasteiger partial charge in [-0.25, -0.2) is 14.8 Å². The Balaban J connectivity index is 1.62. The summed E-state index contributed by atoms with van der Waals surface area (Å²) in [5, 5.41) is 4.20. The average Bonchev–Trinajstić information content (AvgIpc) is 3.15. The Hall–Kier alpha value is -2.93. The van der Waals surface area contributed by atoms with Gasteiger partial charge in [-0.05, 0) is 56.9 Å². The predicted octanol–water partition coefficient (Wildman–Crippen LogP) is 4.54. The third-order valence-electron chi connectivity index (χ3n) is 6.91. The number of aromatic nitrogens is 3. The quantitative estimate of drug-likeness (QED) is 0.462. The van der Waals surface area contributed by atoms with Gasteiger partial charge in [0.15, 0.2) is 5.69 Å². The maximum Gasteiger partial charge on any atom is 0.358 e. The largest absolute Gasteiger partial charge is 0.464 e. The number of rotatable bonds is 4. The zero-order valence-corrected chi connectivity index (χ0v) is 19.1. The van der Waals surface area contributed by atoms with Crippen molar-refractivity contribution in [1.82, 2.24) is 14.5 Å². The van der Waals surface area contributed by atoms with Crippen molar-refractivity contribution in [2.24, 2.45) is 0 Å². The fraction of sp³-hybridized carbons (Fsp3) is 0.417. The van der Waals surface area contributed by atoms with Crippen molar-refractivity contribution in [3.63, 3.8) is 0 Å². The van der Waals surface area contributed by atoms with Crippen molar-refractivity contribution >= 4 is 34.2 Å². The van der Waals surface area contributed by atoms with Gasteiger partial charge >= 0.3 is 5.97 Å². The summed E-state index contributed by atoms with van der Waals surface area (Å²) in [7, 11) is 1.31. The highest BCUT2D eigenvalue weighted by Crippen LogP contribution is 2.49. The molecule has 0 radical (unpaired) electrons. The van der Waals surface area contributed by atoms with Crippen LogP contribution in [0.2, 0.25) is 5.15 Å². The normalized spacial score (nSPS) is 17.1. The van der Waals surface area contributed by atoms with Crippen molar-refractivity contribution in [2.75, 3.05) is 12.4 Å². The molecular formula is C24H25ClN4O3. The van der Waals surface area contributed by atoms with Crippen molar-refractivity contribution in [2.45, 2.75) is 57.5 Å². The molecule has 0 unspecified atom stereocenters. The molecular weight excluding hydrogens is 428 g/mol. The number of fused-ring (bicyclic) bond motifs is 3. The summed E-state index contributed by atoms with van der Waals surface area (Å²) in [6, 6.07) is 7.06. The van der Waals surface area contributed by atoms with E-state index in [-0.39, 0.29) is 27.9 Å². The lowest BCUT2D eigenvalue weighted by Gasteiger charge is -2.37. The van der Waals surface area contributed by atoms with Crippen LogP contribution < -0.4 is 10.9 Å². The number of nitrogens with zero attached hydrogens (tertiary/aromatic N) is 3. The molecule has 166 valence electrons. The Morgan fingerprint density at radius 2 is 2.03 bits per heavy atom. The van der Waals surface area contributed by atoms with Gasteiger partial charge in [0.2, 0.25) is 0 Å². The van der Waals surface area contributed by atoms with Crippen LogP contribution in [0.1, 0.15) is 66.1 Å². The first-order chi connectivity index (χ1) is 15.3. The monoisotopic (exact) mass is 452 g/mol. The first kappa shape index (κ1) is 20.9. The number of carbonyl (C=O) groups is 1. The molecule has 7 nitrogen and oxygen atoms in total. The zero-order chi connectivity index (χ0) is 22.6. The summed E-state index contributed by atoms with van der Waals surface area (Å²) in [5.41, 5.74) is 3.34. The highest BCUT2D eigenvalue weighted by atomic mass is 35.5. The minimum absolute atomic E-state index is 0.0364. The second kappa shape index (κ2) is 7.59. The topological polar surface area (TPSA) is 86.1 Å². The molecule has 1 atom stereocenters. The van der Waals surface area contributed by atoms with Crippen molar-refractivity contribution < 1.29 is 9.53 Å². The molecule has 0 amide bonds. The van der Waals surface area contributed by atoms with Crippen LogP contribution in [-0.2, 0) is 16.7 Å². The second-order valence-electron chi connectivity index (χ2n) is 8.91. The molecule has 1 fully saturated rings. The molecule has 5 rings (SSSR count). The van der Waals surface area contributed by atoms with E-state index in [4.69, 9.17) is 21.3 Å². The zero-order valence-electron chi connectivity index (χ0n) is 18.4. The summed E-state index contributed by atoms with van der Waals surface area (Å²) in [4.78, 5) is 34.8. The third-order valence-corrected chi connectivity index (χ3v) is 7.12. The Kier molecular flexibility index (Phi) is 4.97. The van der Waals surface area contributed by atoms with Crippen LogP contribution in [0.25, 0.3) is 10.9 Å². The molecule has 1 aliphatic heterocycles. The molecule has 2 aliphatic rings. The molecule has 1 saturated carbocycles. The number of hydrogen-bond donors (Lipinski definition) is 1. The third kappa shape index (κ3) is 3.18. The molecule has 1 aliphatic carbocycles. The Morgan fingerprint density at radius 3 is 2.72 bits per heavy atom. The molecule has 0 saturated heterocycles. The van der Waals surface area contributed by atoms with Gasteiger partial charge in [0.05, 0.1) is 29.7 Å². The van der Waals surface area contributed by atoms with E-state index in [0.29, 0.717) is 11.1 Å². The number of halogens is 1. The molecule has 8 heteroatoms. The van der Waals surface area contributed by atoms with Gasteiger partial charge in [-0.2, -0.15) is 0 Å².